The van der Waals surface area contributed by atoms with Gasteiger partial charge in [0.05, 0.1) is 12.1 Å². The third kappa shape index (κ3) is 2.39. The lowest BCUT2D eigenvalue weighted by Crippen LogP contribution is -2.28. The SMILES string of the molecule is CCC[C@@H](O)[C@@H](N)c1cccc2c1OC(F)(F)O2. The van der Waals surface area contributed by atoms with Crippen molar-refractivity contribution in [2.45, 2.75) is 38.2 Å². The first-order valence-electron chi connectivity index (χ1n) is 5.77. The van der Waals surface area contributed by atoms with Gasteiger partial charge in [-0.15, -0.1) is 8.78 Å². The topological polar surface area (TPSA) is 64.7 Å². The minimum absolute atomic E-state index is 0.0587. The Morgan fingerprint density at radius 2 is 2.11 bits per heavy atom. The second-order valence-electron chi connectivity index (χ2n) is 4.22. The Morgan fingerprint density at radius 3 is 2.78 bits per heavy atom. The summed E-state index contributed by atoms with van der Waals surface area (Å²) in [6.45, 7) is 1.90. The molecule has 0 spiro atoms. The van der Waals surface area contributed by atoms with Crippen molar-refractivity contribution in [3.8, 4) is 11.5 Å². The number of para-hydroxylation sites is 1. The molecule has 0 amide bonds. The average Bonchev–Trinajstić information content (AvgIpc) is 2.61. The quantitative estimate of drug-likeness (QED) is 0.869. The summed E-state index contributed by atoms with van der Waals surface area (Å²) in [5, 5.41) is 9.82. The van der Waals surface area contributed by atoms with Gasteiger partial charge in [0.25, 0.3) is 0 Å². The number of ether oxygens (including phenoxy) is 2. The van der Waals surface area contributed by atoms with Crippen LogP contribution in [0.2, 0.25) is 0 Å². The van der Waals surface area contributed by atoms with Gasteiger partial charge < -0.3 is 20.3 Å². The van der Waals surface area contributed by atoms with Crippen LogP contribution in [0.3, 0.4) is 0 Å². The molecule has 1 aliphatic rings. The molecule has 0 aromatic heterocycles. The van der Waals surface area contributed by atoms with Gasteiger partial charge in [-0.3, -0.25) is 0 Å². The fourth-order valence-corrected chi connectivity index (χ4v) is 1.94. The van der Waals surface area contributed by atoms with E-state index in [2.05, 4.69) is 9.47 Å². The van der Waals surface area contributed by atoms with E-state index in [-0.39, 0.29) is 11.5 Å². The van der Waals surface area contributed by atoms with E-state index in [0.717, 1.165) is 6.42 Å². The summed E-state index contributed by atoms with van der Waals surface area (Å²) in [4.78, 5) is 0. The highest BCUT2D eigenvalue weighted by atomic mass is 19.3. The minimum atomic E-state index is -3.67. The number of alkyl halides is 2. The van der Waals surface area contributed by atoms with E-state index in [1.54, 1.807) is 6.07 Å². The summed E-state index contributed by atoms with van der Waals surface area (Å²) in [7, 11) is 0. The van der Waals surface area contributed by atoms with Crippen LogP contribution >= 0.6 is 0 Å². The van der Waals surface area contributed by atoms with Crippen molar-refractivity contribution < 1.29 is 23.4 Å². The van der Waals surface area contributed by atoms with Crippen LogP contribution in [0.5, 0.6) is 11.5 Å². The van der Waals surface area contributed by atoms with Crippen LogP contribution in [0.25, 0.3) is 0 Å². The molecule has 0 fully saturated rings. The third-order valence-corrected chi connectivity index (χ3v) is 2.82. The molecule has 6 heteroatoms. The predicted molar refractivity (Wildman–Crippen MR) is 60.5 cm³/mol. The molecule has 18 heavy (non-hydrogen) atoms. The molecule has 0 radical (unpaired) electrons. The van der Waals surface area contributed by atoms with E-state index in [0.29, 0.717) is 12.0 Å². The Labute approximate surface area is 103 Å². The molecule has 2 rings (SSSR count). The fraction of sp³-hybridized carbons (Fsp3) is 0.500. The number of halogens is 2. The number of nitrogens with two attached hydrogens (primary N) is 1. The van der Waals surface area contributed by atoms with Crippen LogP contribution in [0.4, 0.5) is 8.78 Å². The second kappa shape index (κ2) is 4.70. The summed E-state index contributed by atoms with van der Waals surface area (Å²) in [5.41, 5.74) is 6.18. The molecule has 100 valence electrons. The van der Waals surface area contributed by atoms with Crippen LogP contribution in [-0.4, -0.2) is 17.5 Å². The summed E-state index contributed by atoms with van der Waals surface area (Å²) >= 11 is 0. The maximum Gasteiger partial charge on any atom is 0.586 e. The number of hydrogen-bond acceptors (Lipinski definition) is 4. The number of hydrogen-bond donors (Lipinski definition) is 2. The van der Waals surface area contributed by atoms with Gasteiger partial charge in [-0.2, -0.15) is 0 Å². The van der Waals surface area contributed by atoms with E-state index in [4.69, 9.17) is 5.73 Å². The number of aliphatic hydroxyl groups is 1. The molecule has 1 aromatic carbocycles. The molecule has 0 aliphatic carbocycles. The molecule has 4 nitrogen and oxygen atoms in total. The molecule has 0 saturated heterocycles. The van der Waals surface area contributed by atoms with E-state index in [1.165, 1.54) is 12.1 Å². The van der Waals surface area contributed by atoms with E-state index < -0.39 is 18.4 Å². The smallest absolute Gasteiger partial charge is 0.395 e. The molecule has 1 heterocycles. The molecule has 0 bridgehead atoms. The molecule has 0 unspecified atom stereocenters. The van der Waals surface area contributed by atoms with Crippen LogP contribution in [0, 0.1) is 0 Å². The van der Waals surface area contributed by atoms with Gasteiger partial charge in [-0.1, -0.05) is 25.5 Å². The normalized spacial score (nSPS) is 19.6. The van der Waals surface area contributed by atoms with Gasteiger partial charge in [0.15, 0.2) is 11.5 Å². The largest absolute Gasteiger partial charge is 0.586 e. The molecule has 2 atom stereocenters. The van der Waals surface area contributed by atoms with E-state index >= 15 is 0 Å². The van der Waals surface area contributed by atoms with Crippen molar-refractivity contribution in [1.29, 1.82) is 0 Å². The zero-order valence-corrected chi connectivity index (χ0v) is 9.90. The maximum atomic E-state index is 13.0. The van der Waals surface area contributed by atoms with Gasteiger partial charge in [-0.05, 0) is 12.5 Å². The Hall–Kier alpha value is -1.40. The summed E-state index contributed by atoms with van der Waals surface area (Å²) in [5.74, 6) is -0.151. The number of benzene rings is 1. The van der Waals surface area contributed by atoms with Crippen LogP contribution in [0.1, 0.15) is 31.4 Å². The predicted octanol–water partition coefficient (Wildman–Crippen LogP) is 2.17. The van der Waals surface area contributed by atoms with Gasteiger partial charge in [-0.25, -0.2) is 0 Å². The van der Waals surface area contributed by atoms with Crippen LogP contribution in [-0.2, 0) is 0 Å². The van der Waals surface area contributed by atoms with Crippen molar-refractivity contribution in [1.82, 2.24) is 0 Å². The lowest BCUT2D eigenvalue weighted by atomic mass is 9.98. The Bertz CT molecular complexity index is 439. The first kappa shape index (κ1) is 13.0. The number of rotatable bonds is 4. The third-order valence-electron chi connectivity index (χ3n) is 2.82. The van der Waals surface area contributed by atoms with Gasteiger partial charge in [0.2, 0.25) is 0 Å². The fourth-order valence-electron chi connectivity index (χ4n) is 1.94. The zero-order valence-electron chi connectivity index (χ0n) is 9.90. The van der Waals surface area contributed by atoms with Crippen molar-refractivity contribution in [3.63, 3.8) is 0 Å². The summed E-state index contributed by atoms with van der Waals surface area (Å²) < 4.78 is 34.7. The molecule has 1 aromatic rings. The molecule has 3 N–H and O–H groups in total. The maximum absolute atomic E-state index is 13.0. The Balaban J connectivity index is 2.29. The van der Waals surface area contributed by atoms with Crippen molar-refractivity contribution in [2.24, 2.45) is 5.73 Å². The Kier molecular flexibility index (Phi) is 3.41. The Morgan fingerprint density at radius 1 is 1.39 bits per heavy atom. The van der Waals surface area contributed by atoms with Crippen molar-refractivity contribution in [3.05, 3.63) is 23.8 Å². The summed E-state index contributed by atoms with van der Waals surface area (Å²) in [6.07, 6.45) is -3.24. The standard InChI is InChI=1S/C12H15F2NO3/c1-2-4-8(16)10(15)7-5-3-6-9-11(7)18-12(13,14)17-9/h3,5-6,8,10,16H,2,4,15H2,1H3/t8-,10+/m1/s1. The monoisotopic (exact) mass is 259 g/mol. The second-order valence-corrected chi connectivity index (χ2v) is 4.22. The number of fused-ring (bicyclic) bond motifs is 1. The van der Waals surface area contributed by atoms with Crippen molar-refractivity contribution >= 4 is 0 Å². The average molecular weight is 259 g/mol. The highest BCUT2D eigenvalue weighted by Gasteiger charge is 2.45. The van der Waals surface area contributed by atoms with Crippen LogP contribution in [0.15, 0.2) is 18.2 Å². The first-order chi connectivity index (χ1) is 8.44. The van der Waals surface area contributed by atoms with E-state index in [1.807, 2.05) is 6.92 Å². The van der Waals surface area contributed by atoms with E-state index in [9.17, 15) is 13.9 Å². The lowest BCUT2D eigenvalue weighted by Gasteiger charge is -2.19. The summed E-state index contributed by atoms with van der Waals surface area (Å²) in [6, 6.07) is 3.68. The van der Waals surface area contributed by atoms with Gasteiger partial charge in [0, 0.05) is 5.56 Å². The molecular formula is C12H15F2NO3. The van der Waals surface area contributed by atoms with Gasteiger partial charge >= 0.3 is 6.29 Å². The molecule has 0 saturated carbocycles. The molecular weight excluding hydrogens is 244 g/mol. The molecule has 1 aliphatic heterocycles. The zero-order chi connectivity index (χ0) is 13.3. The minimum Gasteiger partial charge on any atom is -0.395 e. The lowest BCUT2D eigenvalue weighted by molar-refractivity contribution is -0.287. The van der Waals surface area contributed by atoms with Crippen molar-refractivity contribution in [2.75, 3.05) is 0 Å². The van der Waals surface area contributed by atoms with Gasteiger partial charge in [0.1, 0.15) is 0 Å². The highest BCUT2D eigenvalue weighted by Crippen LogP contribution is 2.45. The van der Waals surface area contributed by atoms with Crippen LogP contribution < -0.4 is 15.2 Å². The first-order valence-corrected chi connectivity index (χ1v) is 5.77. The number of aliphatic hydroxyl groups excluding tert-OH is 1. The highest BCUT2D eigenvalue weighted by molar-refractivity contribution is 5.50.